The number of fused-ring (bicyclic) bond motifs is 1. The number of carbonyl (C=O) groups is 2. The average Bonchev–Trinajstić information content (AvgIpc) is 2.77. The first-order valence-electron chi connectivity index (χ1n) is 9.54. The van der Waals surface area contributed by atoms with E-state index in [1.165, 1.54) is 0 Å². The smallest absolute Gasteiger partial charge is 0.227 e. The third kappa shape index (κ3) is 3.90. The third-order valence-corrected chi connectivity index (χ3v) is 5.05. The fraction of sp³-hybridized carbons (Fsp3) is 0.400. The van der Waals surface area contributed by atoms with Gasteiger partial charge >= 0.3 is 0 Å². The zero-order valence-electron chi connectivity index (χ0n) is 15.7. The third-order valence-electron chi connectivity index (χ3n) is 5.05. The summed E-state index contributed by atoms with van der Waals surface area (Å²) in [6.45, 7) is 3.61. The van der Waals surface area contributed by atoms with Crippen LogP contribution in [-0.2, 0) is 9.59 Å². The molecule has 1 fully saturated rings. The van der Waals surface area contributed by atoms with Crippen LogP contribution in [0.1, 0.15) is 12.8 Å². The van der Waals surface area contributed by atoms with Gasteiger partial charge in [-0.1, -0.05) is 12.1 Å². The molecule has 4 rings (SSSR count). The number of carbonyl (C=O) groups excluding carboxylic acids is 2. The summed E-state index contributed by atoms with van der Waals surface area (Å²) < 4.78 is 5.59. The van der Waals surface area contributed by atoms with Gasteiger partial charge in [0.05, 0.1) is 12.2 Å². The topological polar surface area (TPSA) is 78.9 Å². The summed E-state index contributed by atoms with van der Waals surface area (Å²) in [5, 5.41) is 0. The molecule has 1 aromatic heterocycles. The Morgan fingerprint density at radius 3 is 2.39 bits per heavy atom. The maximum absolute atomic E-state index is 12.7. The van der Waals surface area contributed by atoms with Gasteiger partial charge in [-0.05, 0) is 18.2 Å². The maximum Gasteiger partial charge on any atom is 0.227 e. The minimum Gasteiger partial charge on any atom is -0.490 e. The van der Waals surface area contributed by atoms with E-state index in [-0.39, 0.29) is 24.7 Å². The molecule has 8 heteroatoms. The van der Waals surface area contributed by atoms with Gasteiger partial charge in [0.15, 0.2) is 0 Å². The van der Waals surface area contributed by atoms with E-state index in [0.29, 0.717) is 51.0 Å². The number of anilines is 2. The maximum atomic E-state index is 12.7. The molecule has 28 heavy (non-hydrogen) atoms. The molecule has 0 aliphatic carbocycles. The van der Waals surface area contributed by atoms with Crippen molar-refractivity contribution in [3.8, 4) is 5.75 Å². The summed E-state index contributed by atoms with van der Waals surface area (Å²) in [4.78, 5) is 39.3. The highest BCUT2D eigenvalue weighted by Crippen LogP contribution is 2.31. The molecule has 2 amide bonds. The van der Waals surface area contributed by atoms with E-state index >= 15 is 0 Å². The SMILES string of the molecule is O=C(CCC(=O)N1CCOc2ccccc21)N1CCN(c2ncccn2)CC1. The van der Waals surface area contributed by atoms with Crippen molar-refractivity contribution in [1.82, 2.24) is 14.9 Å². The molecule has 0 radical (unpaired) electrons. The van der Waals surface area contributed by atoms with E-state index in [0.717, 1.165) is 5.69 Å². The number of para-hydroxylation sites is 2. The van der Waals surface area contributed by atoms with Crippen molar-refractivity contribution >= 4 is 23.5 Å². The standard InChI is InChI=1S/C20H23N5O3/c26-18(23-10-12-24(13-11-23)20-21-8-3-9-22-20)6-7-19(27)25-14-15-28-17-5-2-1-4-16(17)25/h1-5,8-9H,6-7,10-15H2. The second kappa shape index (κ2) is 8.24. The Bertz CT molecular complexity index is 837. The molecule has 2 aromatic rings. The Morgan fingerprint density at radius 1 is 0.893 bits per heavy atom. The number of amides is 2. The van der Waals surface area contributed by atoms with Gasteiger partial charge in [0, 0.05) is 51.4 Å². The summed E-state index contributed by atoms with van der Waals surface area (Å²) in [6, 6.07) is 9.29. The summed E-state index contributed by atoms with van der Waals surface area (Å²) in [5.41, 5.74) is 0.780. The fourth-order valence-electron chi connectivity index (χ4n) is 3.55. The molecule has 0 saturated carbocycles. The van der Waals surface area contributed by atoms with Crippen LogP contribution in [0.3, 0.4) is 0 Å². The van der Waals surface area contributed by atoms with Gasteiger partial charge in [-0.2, -0.15) is 0 Å². The monoisotopic (exact) mass is 381 g/mol. The van der Waals surface area contributed by atoms with Gasteiger partial charge in [-0.3, -0.25) is 9.59 Å². The highest BCUT2D eigenvalue weighted by Gasteiger charge is 2.26. The van der Waals surface area contributed by atoms with E-state index in [1.807, 2.05) is 29.2 Å². The zero-order chi connectivity index (χ0) is 19.3. The zero-order valence-corrected chi connectivity index (χ0v) is 15.7. The Labute approximate surface area is 163 Å². The number of benzene rings is 1. The molecule has 0 atom stereocenters. The van der Waals surface area contributed by atoms with Crippen molar-refractivity contribution < 1.29 is 14.3 Å². The molecule has 0 bridgehead atoms. The van der Waals surface area contributed by atoms with Crippen LogP contribution in [-0.4, -0.2) is 66.0 Å². The minimum absolute atomic E-state index is 0.0172. The Balaban J connectivity index is 1.28. The van der Waals surface area contributed by atoms with Crippen LogP contribution in [0.25, 0.3) is 0 Å². The summed E-state index contributed by atoms with van der Waals surface area (Å²) in [5.74, 6) is 1.38. The van der Waals surface area contributed by atoms with Crippen LogP contribution in [0.15, 0.2) is 42.7 Å². The first-order chi connectivity index (χ1) is 13.7. The van der Waals surface area contributed by atoms with E-state index in [2.05, 4.69) is 14.9 Å². The van der Waals surface area contributed by atoms with Crippen LogP contribution in [0, 0.1) is 0 Å². The predicted molar refractivity (Wildman–Crippen MR) is 104 cm³/mol. The molecular weight excluding hydrogens is 358 g/mol. The molecule has 1 saturated heterocycles. The molecular formula is C20H23N5O3. The number of aromatic nitrogens is 2. The van der Waals surface area contributed by atoms with Gasteiger partial charge in [0.1, 0.15) is 12.4 Å². The van der Waals surface area contributed by atoms with Crippen molar-refractivity contribution in [3.05, 3.63) is 42.7 Å². The summed E-state index contributed by atoms with van der Waals surface area (Å²) >= 11 is 0. The molecule has 0 spiro atoms. The average molecular weight is 381 g/mol. The molecule has 3 heterocycles. The molecule has 146 valence electrons. The lowest BCUT2D eigenvalue weighted by Gasteiger charge is -2.35. The second-order valence-corrected chi connectivity index (χ2v) is 6.78. The van der Waals surface area contributed by atoms with Crippen molar-refractivity contribution in [1.29, 1.82) is 0 Å². The first-order valence-corrected chi connectivity index (χ1v) is 9.54. The van der Waals surface area contributed by atoms with Crippen molar-refractivity contribution in [3.63, 3.8) is 0 Å². The molecule has 8 nitrogen and oxygen atoms in total. The van der Waals surface area contributed by atoms with Gasteiger partial charge < -0.3 is 19.4 Å². The van der Waals surface area contributed by atoms with E-state index in [9.17, 15) is 9.59 Å². The highest BCUT2D eigenvalue weighted by atomic mass is 16.5. The normalized spacial score (nSPS) is 16.4. The number of nitrogens with zero attached hydrogens (tertiary/aromatic N) is 5. The van der Waals surface area contributed by atoms with Crippen molar-refractivity contribution in [2.24, 2.45) is 0 Å². The van der Waals surface area contributed by atoms with Crippen LogP contribution in [0.5, 0.6) is 5.75 Å². The fourth-order valence-corrected chi connectivity index (χ4v) is 3.55. The minimum atomic E-state index is -0.0413. The van der Waals surface area contributed by atoms with Crippen molar-refractivity contribution in [2.45, 2.75) is 12.8 Å². The lowest BCUT2D eigenvalue weighted by atomic mass is 10.2. The largest absolute Gasteiger partial charge is 0.490 e. The number of rotatable bonds is 4. The van der Waals surface area contributed by atoms with Gasteiger partial charge in [-0.15, -0.1) is 0 Å². The van der Waals surface area contributed by atoms with Crippen LogP contribution >= 0.6 is 0 Å². The van der Waals surface area contributed by atoms with Gasteiger partial charge in [-0.25, -0.2) is 9.97 Å². The lowest BCUT2D eigenvalue weighted by Crippen LogP contribution is -2.49. The Hall–Kier alpha value is -3.16. The number of hydrogen-bond acceptors (Lipinski definition) is 6. The van der Waals surface area contributed by atoms with Gasteiger partial charge in [0.2, 0.25) is 17.8 Å². The number of piperazine rings is 1. The van der Waals surface area contributed by atoms with Gasteiger partial charge in [0.25, 0.3) is 0 Å². The highest BCUT2D eigenvalue weighted by molar-refractivity contribution is 5.97. The second-order valence-electron chi connectivity index (χ2n) is 6.78. The van der Waals surface area contributed by atoms with Crippen LogP contribution in [0.4, 0.5) is 11.6 Å². The Morgan fingerprint density at radius 2 is 1.61 bits per heavy atom. The molecule has 0 N–H and O–H groups in total. The molecule has 2 aliphatic rings. The van der Waals surface area contributed by atoms with Crippen molar-refractivity contribution in [2.75, 3.05) is 49.1 Å². The molecule has 0 unspecified atom stereocenters. The van der Waals surface area contributed by atoms with E-state index in [1.54, 1.807) is 23.4 Å². The molecule has 2 aliphatic heterocycles. The predicted octanol–water partition coefficient (Wildman–Crippen LogP) is 1.33. The molecule has 1 aromatic carbocycles. The first kappa shape index (κ1) is 18.2. The summed E-state index contributed by atoms with van der Waals surface area (Å²) in [7, 11) is 0. The lowest BCUT2D eigenvalue weighted by molar-refractivity contribution is -0.133. The summed E-state index contributed by atoms with van der Waals surface area (Å²) in [6.07, 6.45) is 3.86. The number of hydrogen-bond donors (Lipinski definition) is 0. The van der Waals surface area contributed by atoms with E-state index in [4.69, 9.17) is 4.74 Å². The van der Waals surface area contributed by atoms with Crippen LogP contribution in [0.2, 0.25) is 0 Å². The quantitative estimate of drug-likeness (QED) is 0.795. The van der Waals surface area contributed by atoms with Crippen LogP contribution < -0.4 is 14.5 Å². The number of ether oxygens (including phenoxy) is 1. The van der Waals surface area contributed by atoms with E-state index < -0.39 is 0 Å². The Kier molecular flexibility index (Phi) is 5.36.